The van der Waals surface area contributed by atoms with Crippen LogP contribution in [0.25, 0.3) is 0 Å². The van der Waals surface area contributed by atoms with Crippen molar-refractivity contribution in [2.24, 2.45) is 29.1 Å². The van der Waals surface area contributed by atoms with Crippen molar-refractivity contribution in [3.8, 4) is 0 Å². The fourth-order valence-electron chi connectivity index (χ4n) is 3.64. The molecule has 0 heterocycles. The Morgan fingerprint density at radius 2 is 1.83 bits per heavy atom. The van der Waals surface area contributed by atoms with E-state index in [1.807, 2.05) is 0 Å². The summed E-state index contributed by atoms with van der Waals surface area (Å²) in [5.41, 5.74) is 0.467. The van der Waals surface area contributed by atoms with Crippen LogP contribution >= 0.6 is 0 Å². The molecule has 2 bridgehead atoms. The Labute approximate surface area is 74.4 Å². The molecule has 0 saturated heterocycles. The number of allylic oxidation sites excluding steroid dienone is 4. The van der Waals surface area contributed by atoms with Crippen molar-refractivity contribution in [1.29, 1.82) is 0 Å². The molecule has 0 N–H and O–H groups in total. The van der Waals surface area contributed by atoms with Gasteiger partial charge in [-0.1, -0.05) is 38.2 Å². The summed E-state index contributed by atoms with van der Waals surface area (Å²) in [7, 11) is 0. The lowest BCUT2D eigenvalue weighted by Crippen LogP contribution is -2.26. The summed E-state index contributed by atoms with van der Waals surface area (Å²) in [5.74, 6) is 3.59. The minimum absolute atomic E-state index is 0.467. The average Bonchev–Trinajstić information content (AvgIpc) is 2.61. The van der Waals surface area contributed by atoms with Crippen molar-refractivity contribution in [2.75, 3.05) is 0 Å². The molecule has 4 atom stereocenters. The molecule has 0 aromatic carbocycles. The van der Waals surface area contributed by atoms with E-state index >= 15 is 0 Å². The first-order valence-corrected chi connectivity index (χ1v) is 5.06. The highest BCUT2D eigenvalue weighted by Gasteiger charge is 2.51. The number of rotatable bonds is 0. The summed E-state index contributed by atoms with van der Waals surface area (Å²) in [5, 5.41) is 0. The van der Waals surface area contributed by atoms with E-state index in [-0.39, 0.29) is 0 Å². The zero-order chi connectivity index (χ0) is 8.34. The molecule has 3 rings (SSSR count). The van der Waals surface area contributed by atoms with Crippen LogP contribution in [0.5, 0.6) is 0 Å². The fraction of sp³-hybridized carbons (Fsp3) is 0.667. The maximum atomic E-state index is 2.47. The van der Waals surface area contributed by atoms with Crippen LogP contribution in [0.1, 0.15) is 20.3 Å². The molecule has 0 heteroatoms. The van der Waals surface area contributed by atoms with Crippen LogP contribution in [0.3, 0.4) is 0 Å². The van der Waals surface area contributed by atoms with E-state index in [9.17, 15) is 0 Å². The molecular formula is C12H16. The van der Waals surface area contributed by atoms with Gasteiger partial charge >= 0.3 is 0 Å². The minimum Gasteiger partial charge on any atom is -0.0848 e. The highest BCUT2D eigenvalue weighted by atomic mass is 14.6. The van der Waals surface area contributed by atoms with Gasteiger partial charge in [0.2, 0.25) is 0 Å². The molecule has 0 spiro atoms. The number of hydrogen-bond donors (Lipinski definition) is 0. The maximum Gasteiger partial charge on any atom is -0.0128 e. The molecule has 0 aromatic heterocycles. The van der Waals surface area contributed by atoms with Gasteiger partial charge < -0.3 is 0 Å². The third kappa shape index (κ3) is 0.646. The van der Waals surface area contributed by atoms with Crippen LogP contribution in [0.15, 0.2) is 24.3 Å². The van der Waals surface area contributed by atoms with E-state index in [2.05, 4.69) is 38.2 Å². The van der Waals surface area contributed by atoms with Gasteiger partial charge in [-0.25, -0.2) is 0 Å². The molecule has 3 aliphatic carbocycles. The Hall–Kier alpha value is -0.520. The van der Waals surface area contributed by atoms with Crippen LogP contribution in [0.2, 0.25) is 0 Å². The monoisotopic (exact) mass is 160 g/mol. The summed E-state index contributed by atoms with van der Waals surface area (Å²) in [6.45, 7) is 4.78. The van der Waals surface area contributed by atoms with Crippen molar-refractivity contribution in [3.63, 3.8) is 0 Å². The van der Waals surface area contributed by atoms with Crippen molar-refractivity contribution in [3.05, 3.63) is 24.3 Å². The Morgan fingerprint density at radius 3 is 2.58 bits per heavy atom. The first-order chi connectivity index (χ1) is 5.68. The average molecular weight is 160 g/mol. The molecule has 1 saturated carbocycles. The molecule has 64 valence electrons. The predicted octanol–water partition coefficient (Wildman–Crippen LogP) is 3.02. The van der Waals surface area contributed by atoms with Gasteiger partial charge in [-0.05, 0) is 35.5 Å². The van der Waals surface area contributed by atoms with Gasteiger partial charge in [-0.2, -0.15) is 0 Å². The van der Waals surface area contributed by atoms with Gasteiger partial charge in [0.15, 0.2) is 0 Å². The molecule has 0 amide bonds. The molecule has 12 heavy (non-hydrogen) atoms. The normalized spacial score (nSPS) is 51.8. The maximum absolute atomic E-state index is 2.47. The lowest BCUT2D eigenvalue weighted by Gasteiger charge is -2.32. The second-order valence-corrected chi connectivity index (χ2v) is 5.23. The largest absolute Gasteiger partial charge is 0.0848 e. The minimum atomic E-state index is 0.467. The summed E-state index contributed by atoms with van der Waals surface area (Å²) in [6.07, 6.45) is 11.2. The van der Waals surface area contributed by atoms with Crippen LogP contribution in [-0.4, -0.2) is 0 Å². The summed E-state index contributed by atoms with van der Waals surface area (Å²) >= 11 is 0. The third-order valence-corrected chi connectivity index (χ3v) is 4.13. The summed E-state index contributed by atoms with van der Waals surface area (Å²) in [4.78, 5) is 0. The standard InChI is InChI=1S/C12H16/c1-12(2)6-5-10-8-3-4-9(7-8)11(10)12/h3-6,8-11H,7H2,1-2H3/t8-,9-,10+,11+/m0/s1. The van der Waals surface area contributed by atoms with Crippen molar-refractivity contribution in [1.82, 2.24) is 0 Å². The first kappa shape index (κ1) is 6.94. The Bertz CT molecular complexity index is 270. The van der Waals surface area contributed by atoms with Crippen LogP contribution < -0.4 is 0 Å². The second-order valence-electron chi connectivity index (χ2n) is 5.23. The van der Waals surface area contributed by atoms with Crippen molar-refractivity contribution in [2.45, 2.75) is 20.3 Å². The predicted molar refractivity (Wildman–Crippen MR) is 50.6 cm³/mol. The van der Waals surface area contributed by atoms with Gasteiger partial charge in [0.1, 0.15) is 0 Å². The van der Waals surface area contributed by atoms with Gasteiger partial charge in [0, 0.05) is 0 Å². The van der Waals surface area contributed by atoms with Crippen molar-refractivity contribution < 1.29 is 0 Å². The highest BCUT2D eigenvalue weighted by Crippen LogP contribution is 2.58. The highest BCUT2D eigenvalue weighted by molar-refractivity contribution is 5.26. The Balaban J connectivity index is 2.04. The third-order valence-electron chi connectivity index (χ3n) is 4.13. The van der Waals surface area contributed by atoms with Crippen LogP contribution in [0, 0.1) is 29.1 Å². The van der Waals surface area contributed by atoms with Crippen LogP contribution in [0.4, 0.5) is 0 Å². The lowest BCUT2D eigenvalue weighted by molar-refractivity contribution is 0.226. The van der Waals surface area contributed by atoms with Crippen molar-refractivity contribution >= 4 is 0 Å². The molecule has 0 aliphatic heterocycles. The van der Waals surface area contributed by atoms with E-state index in [4.69, 9.17) is 0 Å². The van der Waals surface area contributed by atoms with E-state index in [1.54, 1.807) is 0 Å². The first-order valence-electron chi connectivity index (χ1n) is 5.06. The second kappa shape index (κ2) is 1.86. The van der Waals surface area contributed by atoms with Gasteiger partial charge in [-0.3, -0.25) is 0 Å². The van der Waals surface area contributed by atoms with Gasteiger partial charge in [-0.15, -0.1) is 0 Å². The van der Waals surface area contributed by atoms with E-state index in [1.165, 1.54) is 6.42 Å². The zero-order valence-corrected chi connectivity index (χ0v) is 7.83. The molecule has 3 aliphatic rings. The molecule has 0 aromatic rings. The van der Waals surface area contributed by atoms with Gasteiger partial charge in [0.25, 0.3) is 0 Å². The van der Waals surface area contributed by atoms with E-state index < -0.39 is 0 Å². The topological polar surface area (TPSA) is 0 Å². The van der Waals surface area contributed by atoms with E-state index in [0.717, 1.165) is 23.7 Å². The number of hydrogen-bond acceptors (Lipinski definition) is 0. The van der Waals surface area contributed by atoms with Gasteiger partial charge in [0.05, 0.1) is 0 Å². The van der Waals surface area contributed by atoms with Crippen LogP contribution in [-0.2, 0) is 0 Å². The molecule has 0 unspecified atom stereocenters. The smallest absolute Gasteiger partial charge is 0.0128 e. The lowest BCUT2D eigenvalue weighted by atomic mass is 9.72. The number of fused-ring (bicyclic) bond motifs is 5. The summed E-state index contributed by atoms with van der Waals surface area (Å²) in [6, 6.07) is 0. The SMILES string of the molecule is CC1(C)C=C[C@H]2[C@H]1[C@H]1C=C[C@H]2C1. The molecular weight excluding hydrogens is 144 g/mol. The Kier molecular flexibility index (Phi) is 1.08. The molecule has 0 radical (unpaired) electrons. The molecule has 0 nitrogen and oxygen atoms in total. The quantitative estimate of drug-likeness (QED) is 0.478. The van der Waals surface area contributed by atoms with E-state index in [0.29, 0.717) is 5.41 Å². The Morgan fingerprint density at radius 1 is 1.08 bits per heavy atom. The molecule has 1 fully saturated rings. The zero-order valence-electron chi connectivity index (χ0n) is 7.83. The fourth-order valence-corrected chi connectivity index (χ4v) is 3.64. The summed E-state index contributed by atoms with van der Waals surface area (Å²) < 4.78 is 0.